The maximum absolute atomic E-state index is 10.0. The van der Waals surface area contributed by atoms with E-state index in [4.69, 9.17) is 0 Å². The number of allylic oxidation sites excluding steroid dienone is 3. The van der Waals surface area contributed by atoms with E-state index in [9.17, 15) is 5.11 Å². The van der Waals surface area contributed by atoms with Gasteiger partial charge in [-0.15, -0.1) is 0 Å². The predicted molar refractivity (Wildman–Crippen MR) is 59.0 cm³/mol. The van der Waals surface area contributed by atoms with Gasteiger partial charge in [-0.25, -0.2) is 0 Å². The zero-order valence-corrected chi connectivity index (χ0v) is 9.38. The lowest BCUT2D eigenvalue weighted by Gasteiger charge is -2.49. The van der Waals surface area contributed by atoms with Crippen LogP contribution in [-0.4, -0.2) is 11.2 Å². The van der Waals surface area contributed by atoms with Gasteiger partial charge in [0.25, 0.3) is 0 Å². The van der Waals surface area contributed by atoms with Crippen molar-refractivity contribution in [1.82, 2.24) is 0 Å². The summed E-state index contributed by atoms with van der Waals surface area (Å²) in [6.45, 7) is 6.66. The van der Waals surface area contributed by atoms with Gasteiger partial charge >= 0.3 is 0 Å². The molecule has 0 saturated heterocycles. The predicted octanol–water partition coefficient (Wildman–Crippen LogP) is 3.06. The molecule has 1 saturated carbocycles. The minimum Gasteiger partial charge on any atom is -0.392 e. The summed E-state index contributed by atoms with van der Waals surface area (Å²) in [5.41, 5.74) is 1.70. The highest BCUT2D eigenvalue weighted by Gasteiger charge is 2.46. The molecule has 78 valence electrons. The number of fused-ring (bicyclic) bond motifs is 1. The van der Waals surface area contributed by atoms with E-state index >= 15 is 0 Å². The molecule has 0 aromatic carbocycles. The van der Waals surface area contributed by atoms with E-state index in [1.54, 1.807) is 0 Å². The molecule has 0 radical (unpaired) electrons. The van der Waals surface area contributed by atoms with Crippen LogP contribution in [0.4, 0.5) is 0 Å². The van der Waals surface area contributed by atoms with Crippen LogP contribution in [0.5, 0.6) is 0 Å². The van der Waals surface area contributed by atoms with Crippen LogP contribution in [0.1, 0.15) is 40.0 Å². The van der Waals surface area contributed by atoms with Gasteiger partial charge in [0.2, 0.25) is 0 Å². The average Bonchev–Trinajstić information content (AvgIpc) is 2.13. The average molecular weight is 192 g/mol. The Morgan fingerprint density at radius 3 is 2.79 bits per heavy atom. The summed E-state index contributed by atoms with van der Waals surface area (Å²) in [7, 11) is 0. The maximum Gasteiger partial charge on any atom is 0.0628 e. The zero-order valence-electron chi connectivity index (χ0n) is 9.38. The molecule has 1 heteroatoms. The molecular weight excluding hydrogens is 172 g/mol. The Labute approximate surface area is 86.5 Å². The lowest BCUT2D eigenvalue weighted by molar-refractivity contribution is 0.0137. The van der Waals surface area contributed by atoms with E-state index in [2.05, 4.69) is 39.0 Å². The summed E-state index contributed by atoms with van der Waals surface area (Å²) in [6.07, 6.45) is 9.62. The topological polar surface area (TPSA) is 20.2 Å². The molecule has 0 aliphatic heterocycles. The van der Waals surface area contributed by atoms with E-state index in [0.717, 1.165) is 19.3 Å². The number of rotatable bonds is 0. The van der Waals surface area contributed by atoms with E-state index < -0.39 is 0 Å². The van der Waals surface area contributed by atoms with Crippen LogP contribution in [0.15, 0.2) is 23.8 Å². The Balaban J connectivity index is 2.43. The monoisotopic (exact) mass is 192 g/mol. The highest BCUT2D eigenvalue weighted by atomic mass is 16.3. The lowest BCUT2D eigenvalue weighted by atomic mass is 9.57. The summed E-state index contributed by atoms with van der Waals surface area (Å²) in [6, 6.07) is 0. The van der Waals surface area contributed by atoms with Crippen molar-refractivity contribution in [3.63, 3.8) is 0 Å². The van der Waals surface area contributed by atoms with Crippen molar-refractivity contribution in [2.24, 2.45) is 10.8 Å². The van der Waals surface area contributed by atoms with Crippen LogP contribution in [0.25, 0.3) is 0 Å². The Hall–Kier alpha value is -0.560. The molecule has 0 bridgehead atoms. The molecule has 2 aliphatic carbocycles. The van der Waals surface area contributed by atoms with Gasteiger partial charge in [-0.3, -0.25) is 0 Å². The Morgan fingerprint density at radius 1 is 1.36 bits per heavy atom. The summed E-state index contributed by atoms with van der Waals surface area (Å²) < 4.78 is 0. The van der Waals surface area contributed by atoms with Crippen molar-refractivity contribution in [1.29, 1.82) is 0 Å². The molecule has 2 atom stereocenters. The van der Waals surface area contributed by atoms with Crippen molar-refractivity contribution in [2.75, 3.05) is 0 Å². The molecule has 0 heterocycles. The third kappa shape index (κ3) is 1.26. The number of hydrogen-bond acceptors (Lipinski definition) is 1. The Bertz CT molecular complexity index is 298. The molecule has 0 aromatic heterocycles. The van der Waals surface area contributed by atoms with Gasteiger partial charge in [-0.1, -0.05) is 44.6 Å². The number of aliphatic hydroxyl groups is 1. The SMILES string of the molecule is CC1(C)C2=CC=CC[C@@]2(C)CC[C@H]1O. The third-order valence-corrected chi connectivity index (χ3v) is 4.11. The van der Waals surface area contributed by atoms with Gasteiger partial charge in [-0.05, 0) is 24.7 Å². The van der Waals surface area contributed by atoms with Crippen LogP contribution in [0.2, 0.25) is 0 Å². The molecule has 0 amide bonds. The Kier molecular flexibility index (Phi) is 2.11. The first-order valence-corrected chi connectivity index (χ1v) is 5.53. The highest BCUT2D eigenvalue weighted by molar-refractivity contribution is 5.33. The molecular formula is C13H20O. The first kappa shape index (κ1) is 9.97. The van der Waals surface area contributed by atoms with E-state index in [1.807, 2.05) is 0 Å². The molecule has 1 fully saturated rings. The fraction of sp³-hybridized carbons (Fsp3) is 0.692. The quantitative estimate of drug-likeness (QED) is 0.625. The Morgan fingerprint density at radius 2 is 2.07 bits per heavy atom. The van der Waals surface area contributed by atoms with Crippen LogP contribution in [-0.2, 0) is 0 Å². The molecule has 0 unspecified atom stereocenters. The van der Waals surface area contributed by atoms with Gasteiger partial charge in [0.15, 0.2) is 0 Å². The fourth-order valence-corrected chi connectivity index (χ4v) is 3.03. The van der Waals surface area contributed by atoms with Crippen molar-refractivity contribution in [3.8, 4) is 0 Å². The minimum atomic E-state index is -0.173. The minimum absolute atomic E-state index is 0.0439. The molecule has 14 heavy (non-hydrogen) atoms. The summed E-state index contributed by atoms with van der Waals surface area (Å²) in [4.78, 5) is 0. The molecule has 2 aliphatic rings. The van der Waals surface area contributed by atoms with Gasteiger partial charge < -0.3 is 5.11 Å². The second-order valence-electron chi connectivity index (χ2n) is 5.55. The molecule has 1 N–H and O–H groups in total. The maximum atomic E-state index is 10.0. The summed E-state index contributed by atoms with van der Waals surface area (Å²) in [5, 5.41) is 10.0. The highest BCUT2D eigenvalue weighted by Crippen LogP contribution is 2.53. The number of aliphatic hydroxyl groups excluding tert-OH is 1. The number of hydrogen-bond donors (Lipinski definition) is 1. The van der Waals surface area contributed by atoms with Crippen LogP contribution >= 0.6 is 0 Å². The van der Waals surface area contributed by atoms with Crippen molar-refractivity contribution >= 4 is 0 Å². The molecule has 2 rings (SSSR count). The van der Waals surface area contributed by atoms with Crippen molar-refractivity contribution < 1.29 is 5.11 Å². The van der Waals surface area contributed by atoms with Crippen LogP contribution < -0.4 is 0 Å². The molecule has 0 aromatic rings. The van der Waals surface area contributed by atoms with Gasteiger partial charge in [-0.2, -0.15) is 0 Å². The largest absolute Gasteiger partial charge is 0.392 e. The smallest absolute Gasteiger partial charge is 0.0628 e. The van der Waals surface area contributed by atoms with Gasteiger partial charge in [0.1, 0.15) is 0 Å². The molecule has 0 spiro atoms. The van der Waals surface area contributed by atoms with Crippen molar-refractivity contribution in [3.05, 3.63) is 23.8 Å². The summed E-state index contributed by atoms with van der Waals surface area (Å²) in [5.74, 6) is 0. The lowest BCUT2D eigenvalue weighted by Crippen LogP contribution is -2.44. The standard InChI is InChI=1S/C13H20O/c1-12(2)10-6-4-5-8-13(10,3)9-7-11(12)14/h4-6,11,14H,7-9H2,1-3H3/t11-,13+/m1/s1. The van der Waals surface area contributed by atoms with E-state index in [-0.39, 0.29) is 11.5 Å². The second kappa shape index (κ2) is 2.96. The first-order valence-electron chi connectivity index (χ1n) is 5.53. The normalized spacial score (nSPS) is 40.3. The van der Waals surface area contributed by atoms with Gasteiger partial charge in [0.05, 0.1) is 6.10 Å². The zero-order chi connectivity index (χ0) is 10.4. The molecule has 1 nitrogen and oxygen atoms in total. The second-order valence-corrected chi connectivity index (χ2v) is 5.55. The van der Waals surface area contributed by atoms with Gasteiger partial charge in [0, 0.05) is 5.41 Å². The van der Waals surface area contributed by atoms with Crippen molar-refractivity contribution in [2.45, 2.75) is 46.1 Å². The van der Waals surface area contributed by atoms with E-state index in [0.29, 0.717) is 5.41 Å². The third-order valence-electron chi connectivity index (χ3n) is 4.11. The van der Waals surface area contributed by atoms with Crippen LogP contribution in [0.3, 0.4) is 0 Å². The van der Waals surface area contributed by atoms with Crippen LogP contribution in [0, 0.1) is 10.8 Å². The fourth-order valence-electron chi connectivity index (χ4n) is 3.03. The first-order chi connectivity index (χ1) is 6.47. The van der Waals surface area contributed by atoms with E-state index in [1.165, 1.54) is 5.57 Å². The summed E-state index contributed by atoms with van der Waals surface area (Å²) >= 11 is 0.